The van der Waals surface area contributed by atoms with Gasteiger partial charge in [-0.3, -0.25) is 9.36 Å². The van der Waals surface area contributed by atoms with E-state index in [0.29, 0.717) is 34.2 Å². The molecule has 8 nitrogen and oxygen atoms in total. The van der Waals surface area contributed by atoms with Gasteiger partial charge < -0.3 is 14.8 Å². The van der Waals surface area contributed by atoms with Crippen molar-refractivity contribution < 1.29 is 19.1 Å². The molecule has 0 spiro atoms. The molecule has 40 heavy (non-hydrogen) atoms. The first kappa shape index (κ1) is 27.7. The maximum Gasteiger partial charge on any atom is 0.341 e. The third-order valence-corrected chi connectivity index (χ3v) is 8.46. The van der Waals surface area contributed by atoms with Gasteiger partial charge in [0.15, 0.2) is 11.0 Å². The molecule has 2 aromatic carbocycles. The van der Waals surface area contributed by atoms with Gasteiger partial charge in [-0.05, 0) is 55.5 Å². The highest BCUT2D eigenvalue weighted by molar-refractivity contribution is 7.99. The van der Waals surface area contributed by atoms with E-state index >= 15 is 0 Å². The van der Waals surface area contributed by atoms with Crippen LogP contribution in [0.2, 0.25) is 0 Å². The quantitative estimate of drug-likeness (QED) is 0.121. The van der Waals surface area contributed by atoms with E-state index in [1.807, 2.05) is 64.5 Å². The molecule has 0 unspecified atom stereocenters. The lowest BCUT2D eigenvalue weighted by Crippen LogP contribution is -2.16. The highest BCUT2D eigenvalue weighted by Crippen LogP contribution is 2.36. The monoisotopic (exact) mass is 574 g/mol. The van der Waals surface area contributed by atoms with Crippen LogP contribution in [0.5, 0.6) is 5.75 Å². The number of allylic oxidation sites excluding steroid dienone is 1. The Balaban J connectivity index is 1.28. The lowest BCUT2D eigenvalue weighted by Gasteiger charge is -2.13. The highest BCUT2D eigenvalue weighted by atomic mass is 32.2. The topological polar surface area (TPSA) is 95.3 Å². The number of hydrogen-bond acceptors (Lipinski definition) is 8. The summed E-state index contributed by atoms with van der Waals surface area (Å²) in [6.45, 7) is 4.36. The van der Waals surface area contributed by atoms with Gasteiger partial charge in [0, 0.05) is 23.1 Å². The molecule has 2 heterocycles. The summed E-state index contributed by atoms with van der Waals surface area (Å²) in [7, 11) is 1.33. The lowest BCUT2D eigenvalue weighted by molar-refractivity contribution is -0.113. The third-order valence-electron chi connectivity index (χ3n) is 6.60. The Hall–Kier alpha value is -3.89. The molecule has 0 atom stereocenters. The molecule has 0 radical (unpaired) electrons. The Labute approximate surface area is 241 Å². The minimum absolute atomic E-state index is 0.0859. The molecule has 5 rings (SSSR count). The molecule has 0 bridgehead atoms. The van der Waals surface area contributed by atoms with E-state index < -0.39 is 5.97 Å². The molecule has 2 aromatic heterocycles. The minimum Gasteiger partial charge on any atom is -0.490 e. The fourth-order valence-electron chi connectivity index (χ4n) is 4.66. The first-order valence-electron chi connectivity index (χ1n) is 13.1. The summed E-state index contributed by atoms with van der Waals surface area (Å²) >= 11 is 2.56. The second-order valence-corrected chi connectivity index (χ2v) is 11.1. The van der Waals surface area contributed by atoms with Crippen molar-refractivity contribution in [2.24, 2.45) is 0 Å². The maximum absolute atomic E-state index is 13.0. The van der Waals surface area contributed by atoms with Crippen LogP contribution >= 0.6 is 23.1 Å². The zero-order chi connectivity index (χ0) is 27.9. The van der Waals surface area contributed by atoms with Gasteiger partial charge in [0.05, 0.1) is 19.0 Å². The summed E-state index contributed by atoms with van der Waals surface area (Å²) in [5, 5.41) is 14.5. The van der Waals surface area contributed by atoms with Crippen molar-refractivity contribution in [1.29, 1.82) is 0 Å². The lowest BCUT2D eigenvalue weighted by atomic mass is 10.0. The zero-order valence-corrected chi connectivity index (χ0v) is 23.8. The van der Waals surface area contributed by atoms with E-state index in [2.05, 4.69) is 22.1 Å². The van der Waals surface area contributed by atoms with Crippen LogP contribution in [-0.4, -0.2) is 45.6 Å². The molecule has 1 aliphatic carbocycles. The maximum atomic E-state index is 13.0. The summed E-state index contributed by atoms with van der Waals surface area (Å²) in [5.41, 5.74) is 2.83. The number of nitrogens with one attached hydrogen (secondary N) is 1. The predicted molar refractivity (Wildman–Crippen MR) is 159 cm³/mol. The van der Waals surface area contributed by atoms with E-state index in [-0.39, 0.29) is 11.7 Å². The molecular formula is C30H30N4O4S2. The normalized spacial score (nSPS) is 13.2. The molecule has 1 saturated carbocycles. The van der Waals surface area contributed by atoms with Crippen LogP contribution in [0.4, 0.5) is 5.00 Å². The van der Waals surface area contributed by atoms with E-state index in [1.165, 1.54) is 43.1 Å². The number of carbonyl (C=O) groups is 2. The molecule has 0 saturated heterocycles. The van der Waals surface area contributed by atoms with Crippen molar-refractivity contribution in [3.05, 3.63) is 78.2 Å². The molecule has 1 fully saturated rings. The minimum atomic E-state index is -0.502. The Morgan fingerprint density at radius 2 is 1.85 bits per heavy atom. The van der Waals surface area contributed by atoms with E-state index in [0.717, 1.165) is 35.3 Å². The summed E-state index contributed by atoms with van der Waals surface area (Å²) in [6.07, 6.45) is 6.73. The number of amides is 1. The van der Waals surface area contributed by atoms with Gasteiger partial charge >= 0.3 is 5.97 Å². The van der Waals surface area contributed by atoms with Gasteiger partial charge in [-0.1, -0.05) is 48.2 Å². The highest BCUT2D eigenvalue weighted by Gasteiger charge is 2.23. The largest absolute Gasteiger partial charge is 0.490 e. The number of methoxy groups -OCH3 is 1. The van der Waals surface area contributed by atoms with E-state index in [9.17, 15) is 9.59 Å². The van der Waals surface area contributed by atoms with Gasteiger partial charge in [0.25, 0.3) is 0 Å². The van der Waals surface area contributed by atoms with Gasteiger partial charge in [0.1, 0.15) is 16.3 Å². The standard InChI is InChI=1S/C30H30N4O4S2/c1-3-17-34-27(21-13-15-23(16-14-21)38-22-11-7-8-12-22)32-33-30(34)40-19-25(35)31-28-26(29(36)37-2)24(18-39-28)20-9-5-4-6-10-20/h3-6,9-10,13-16,18,22H,1,7-8,11-12,17,19H2,2H3,(H,31,35). The molecule has 10 heteroatoms. The van der Waals surface area contributed by atoms with Crippen LogP contribution in [-0.2, 0) is 16.1 Å². The Morgan fingerprint density at radius 1 is 1.10 bits per heavy atom. The Kier molecular flexibility index (Phi) is 8.98. The first-order chi connectivity index (χ1) is 19.6. The van der Waals surface area contributed by atoms with Gasteiger partial charge in [-0.25, -0.2) is 4.79 Å². The molecule has 0 aliphatic heterocycles. The van der Waals surface area contributed by atoms with Crippen molar-refractivity contribution in [3.63, 3.8) is 0 Å². The average molecular weight is 575 g/mol. The number of nitrogens with zero attached hydrogens (tertiary/aromatic N) is 3. The number of hydrogen-bond donors (Lipinski definition) is 1. The summed E-state index contributed by atoms with van der Waals surface area (Å²) in [5.74, 6) is 0.863. The number of anilines is 1. The SMILES string of the molecule is C=CCn1c(SCC(=O)Nc2scc(-c3ccccc3)c2C(=O)OC)nnc1-c1ccc(OC2CCCC2)cc1. The fraction of sp³-hybridized carbons (Fsp3) is 0.267. The van der Waals surface area contributed by atoms with Gasteiger partial charge in [-0.2, -0.15) is 0 Å². The van der Waals surface area contributed by atoms with E-state index in [1.54, 1.807) is 6.08 Å². The number of benzene rings is 2. The molecule has 1 N–H and O–H groups in total. The number of esters is 1. The third kappa shape index (κ3) is 6.29. The number of ether oxygens (including phenoxy) is 2. The van der Waals surface area contributed by atoms with Crippen molar-refractivity contribution in [1.82, 2.24) is 14.8 Å². The van der Waals surface area contributed by atoms with Crippen molar-refractivity contribution in [3.8, 4) is 28.3 Å². The number of aromatic nitrogens is 3. The molecule has 4 aromatic rings. The van der Waals surface area contributed by atoms with Crippen molar-refractivity contribution in [2.45, 2.75) is 43.5 Å². The summed E-state index contributed by atoms with van der Waals surface area (Å²) < 4.78 is 13.0. The molecule has 1 aliphatic rings. The van der Waals surface area contributed by atoms with Crippen LogP contribution in [0, 0.1) is 0 Å². The molecular weight excluding hydrogens is 544 g/mol. The smallest absolute Gasteiger partial charge is 0.341 e. The second kappa shape index (κ2) is 13.0. The summed E-state index contributed by atoms with van der Waals surface area (Å²) in [6, 6.07) is 17.4. The van der Waals surface area contributed by atoms with Crippen LogP contribution in [0.1, 0.15) is 36.0 Å². The van der Waals surface area contributed by atoms with E-state index in [4.69, 9.17) is 9.47 Å². The number of carbonyl (C=O) groups excluding carboxylic acids is 2. The first-order valence-corrected chi connectivity index (χ1v) is 14.9. The van der Waals surface area contributed by atoms with Crippen LogP contribution < -0.4 is 10.1 Å². The van der Waals surface area contributed by atoms with Crippen LogP contribution in [0.15, 0.2) is 77.8 Å². The Bertz CT molecular complexity index is 1480. The average Bonchev–Trinajstić information content (AvgIpc) is 3.74. The van der Waals surface area contributed by atoms with Crippen LogP contribution in [0.25, 0.3) is 22.5 Å². The predicted octanol–water partition coefficient (Wildman–Crippen LogP) is 6.70. The van der Waals surface area contributed by atoms with Gasteiger partial charge in [-0.15, -0.1) is 28.1 Å². The zero-order valence-electron chi connectivity index (χ0n) is 22.2. The van der Waals surface area contributed by atoms with Crippen LogP contribution in [0.3, 0.4) is 0 Å². The van der Waals surface area contributed by atoms with Gasteiger partial charge in [0.2, 0.25) is 5.91 Å². The molecule has 1 amide bonds. The number of thioether (sulfide) groups is 1. The van der Waals surface area contributed by atoms with Crippen molar-refractivity contribution in [2.75, 3.05) is 18.2 Å². The van der Waals surface area contributed by atoms with Crippen molar-refractivity contribution >= 4 is 40.0 Å². The number of thiophene rings is 1. The second-order valence-electron chi connectivity index (χ2n) is 9.30. The fourth-order valence-corrected chi connectivity index (χ4v) is 6.38. The molecule has 206 valence electrons. The number of rotatable bonds is 11. The Morgan fingerprint density at radius 3 is 2.55 bits per heavy atom. The summed E-state index contributed by atoms with van der Waals surface area (Å²) in [4.78, 5) is 25.6.